The highest BCUT2D eigenvalue weighted by Gasteiger charge is 2.41. The number of hydrogen-bond donors (Lipinski definition) is 1. The van der Waals surface area contributed by atoms with E-state index in [-0.39, 0.29) is 5.91 Å². The molecule has 2 rings (SSSR count). The number of nitrogens with zero attached hydrogens (tertiary/aromatic N) is 3. The van der Waals surface area contributed by atoms with Gasteiger partial charge in [0.2, 0.25) is 5.91 Å². The molecule has 1 aromatic heterocycles. The first-order chi connectivity index (χ1) is 9.84. The maximum Gasteiger partial charge on any atom is 0.328 e. The van der Waals surface area contributed by atoms with Crippen LogP contribution in [-0.2, 0) is 9.59 Å². The quantitative estimate of drug-likeness (QED) is 0.847. The summed E-state index contributed by atoms with van der Waals surface area (Å²) < 4.78 is 0. The van der Waals surface area contributed by atoms with E-state index in [0.717, 1.165) is 6.08 Å². The van der Waals surface area contributed by atoms with Crippen LogP contribution in [0.15, 0.2) is 24.4 Å². The molecule has 0 aromatic carbocycles. The minimum atomic E-state index is -1.02. The lowest BCUT2D eigenvalue weighted by Gasteiger charge is -2.45. The highest BCUT2D eigenvalue weighted by atomic mass is 16.4. The van der Waals surface area contributed by atoms with Crippen LogP contribution in [0.5, 0.6) is 0 Å². The summed E-state index contributed by atoms with van der Waals surface area (Å²) in [4.78, 5) is 31.0. The lowest BCUT2D eigenvalue weighted by Crippen LogP contribution is -2.62. The third kappa shape index (κ3) is 2.89. The fourth-order valence-electron chi connectivity index (χ4n) is 2.51. The van der Waals surface area contributed by atoms with Crippen LogP contribution in [0.4, 0.5) is 5.82 Å². The molecular formula is C15H19N3O3. The molecule has 0 bridgehead atoms. The molecule has 1 fully saturated rings. The van der Waals surface area contributed by atoms with E-state index < -0.39 is 11.5 Å². The van der Waals surface area contributed by atoms with Gasteiger partial charge in [0.15, 0.2) is 0 Å². The van der Waals surface area contributed by atoms with Gasteiger partial charge in [-0.1, -0.05) is 0 Å². The number of aromatic nitrogens is 1. The Morgan fingerprint density at radius 3 is 2.81 bits per heavy atom. The SMILES string of the molecule is CN1CCN(c2ncccc2/C=C/C(=O)O)C(C)(C)C1=O. The van der Waals surface area contributed by atoms with E-state index in [2.05, 4.69) is 4.98 Å². The van der Waals surface area contributed by atoms with Crippen molar-refractivity contribution in [1.29, 1.82) is 0 Å². The number of pyridine rings is 1. The minimum Gasteiger partial charge on any atom is -0.478 e. The monoisotopic (exact) mass is 289 g/mol. The number of carboxylic acid groups (broad SMARTS) is 1. The average molecular weight is 289 g/mol. The van der Waals surface area contributed by atoms with E-state index in [1.54, 1.807) is 30.3 Å². The van der Waals surface area contributed by atoms with Crippen molar-refractivity contribution >= 4 is 23.8 Å². The van der Waals surface area contributed by atoms with Gasteiger partial charge in [-0.2, -0.15) is 0 Å². The Morgan fingerprint density at radius 1 is 1.43 bits per heavy atom. The first-order valence-electron chi connectivity index (χ1n) is 6.73. The maximum absolute atomic E-state index is 12.4. The Kier molecular flexibility index (Phi) is 3.97. The van der Waals surface area contributed by atoms with E-state index in [0.29, 0.717) is 24.5 Å². The molecule has 21 heavy (non-hydrogen) atoms. The molecule has 1 aliphatic heterocycles. The van der Waals surface area contributed by atoms with Gasteiger partial charge in [-0.15, -0.1) is 0 Å². The minimum absolute atomic E-state index is 0.0209. The van der Waals surface area contributed by atoms with Crippen molar-refractivity contribution in [3.05, 3.63) is 30.0 Å². The predicted octanol–water partition coefficient (Wildman–Crippen LogP) is 1.24. The van der Waals surface area contributed by atoms with Crippen molar-refractivity contribution in [3.8, 4) is 0 Å². The van der Waals surface area contributed by atoms with Crippen LogP contribution < -0.4 is 4.90 Å². The van der Waals surface area contributed by atoms with Gasteiger partial charge in [0, 0.05) is 38.0 Å². The van der Waals surface area contributed by atoms with Crippen molar-refractivity contribution in [1.82, 2.24) is 9.88 Å². The van der Waals surface area contributed by atoms with E-state index in [1.807, 2.05) is 18.7 Å². The van der Waals surface area contributed by atoms with Crippen LogP contribution >= 0.6 is 0 Å². The summed E-state index contributed by atoms with van der Waals surface area (Å²) in [5, 5.41) is 8.77. The summed E-state index contributed by atoms with van der Waals surface area (Å²) in [5.74, 6) is -0.368. The Morgan fingerprint density at radius 2 is 2.14 bits per heavy atom. The van der Waals surface area contributed by atoms with Gasteiger partial charge in [-0.05, 0) is 32.1 Å². The number of amides is 1. The molecule has 1 saturated heterocycles. The fraction of sp³-hybridized carbons (Fsp3) is 0.400. The summed E-state index contributed by atoms with van der Waals surface area (Å²) in [6, 6.07) is 3.54. The second kappa shape index (κ2) is 5.55. The van der Waals surface area contributed by atoms with Gasteiger partial charge in [0.1, 0.15) is 11.4 Å². The lowest BCUT2D eigenvalue weighted by molar-refractivity contribution is -0.136. The lowest BCUT2D eigenvalue weighted by atomic mass is 9.97. The van der Waals surface area contributed by atoms with E-state index in [9.17, 15) is 9.59 Å². The zero-order valence-electron chi connectivity index (χ0n) is 12.4. The second-order valence-electron chi connectivity index (χ2n) is 5.53. The molecule has 0 saturated carbocycles. The molecule has 0 aliphatic carbocycles. The van der Waals surface area contributed by atoms with Gasteiger partial charge >= 0.3 is 5.97 Å². The molecule has 0 atom stereocenters. The van der Waals surface area contributed by atoms with Crippen LogP contribution in [0.25, 0.3) is 6.08 Å². The third-order valence-corrected chi connectivity index (χ3v) is 3.68. The standard InChI is InChI=1S/C15H19N3O3/c1-15(2)14(21)17(3)9-10-18(15)13-11(5-4-8-16-13)6-7-12(19)20/h4-8H,9-10H2,1-3H3,(H,19,20)/b7-6+. The number of carboxylic acids is 1. The van der Waals surface area contributed by atoms with Gasteiger partial charge in [-0.3, -0.25) is 4.79 Å². The van der Waals surface area contributed by atoms with Gasteiger partial charge < -0.3 is 14.9 Å². The number of aliphatic carboxylic acids is 1. The Bertz CT molecular complexity index is 596. The Labute approximate surface area is 123 Å². The predicted molar refractivity (Wildman–Crippen MR) is 80.0 cm³/mol. The van der Waals surface area contributed by atoms with Crippen LogP contribution in [0.1, 0.15) is 19.4 Å². The Hall–Kier alpha value is -2.37. The highest BCUT2D eigenvalue weighted by molar-refractivity contribution is 5.91. The van der Waals surface area contributed by atoms with Gasteiger partial charge in [0.25, 0.3) is 0 Å². The summed E-state index contributed by atoms with van der Waals surface area (Å²) in [6.07, 6.45) is 4.22. The van der Waals surface area contributed by atoms with Crippen LogP contribution in [0.3, 0.4) is 0 Å². The summed E-state index contributed by atoms with van der Waals surface area (Å²) in [6.45, 7) is 4.97. The molecule has 1 aliphatic rings. The summed E-state index contributed by atoms with van der Waals surface area (Å²) in [7, 11) is 1.78. The molecule has 112 valence electrons. The van der Waals surface area contributed by atoms with Crippen molar-refractivity contribution in [2.75, 3.05) is 25.0 Å². The van der Waals surface area contributed by atoms with Crippen molar-refractivity contribution in [2.45, 2.75) is 19.4 Å². The van der Waals surface area contributed by atoms with E-state index in [4.69, 9.17) is 5.11 Å². The number of piperazine rings is 1. The highest BCUT2D eigenvalue weighted by Crippen LogP contribution is 2.29. The van der Waals surface area contributed by atoms with Gasteiger partial charge in [0.05, 0.1) is 0 Å². The van der Waals surface area contributed by atoms with E-state index >= 15 is 0 Å². The zero-order chi connectivity index (χ0) is 15.6. The maximum atomic E-state index is 12.4. The second-order valence-corrected chi connectivity index (χ2v) is 5.53. The summed E-state index contributed by atoms with van der Waals surface area (Å²) >= 11 is 0. The number of carbonyl (C=O) groups excluding carboxylic acids is 1. The molecule has 1 amide bonds. The molecule has 1 N–H and O–H groups in total. The number of anilines is 1. The van der Waals surface area contributed by atoms with Gasteiger partial charge in [-0.25, -0.2) is 9.78 Å². The number of hydrogen-bond acceptors (Lipinski definition) is 4. The first kappa shape index (κ1) is 15.0. The topological polar surface area (TPSA) is 73.7 Å². The normalized spacial score (nSPS) is 18.3. The summed E-state index contributed by atoms with van der Waals surface area (Å²) in [5.41, 5.74) is -0.0296. The van der Waals surface area contributed by atoms with E-state index in [1.165, 1.54) is 6.08 Å². The molecule has 6 heteroatoms. The number of rotatable bonds is 3. The van der Waals surface area contributed by atoms with Crippen molar-refractivity contribution in [3.63, 3.8) is 0 Å². The Balaban J connectivity index is 2.42. The first-order valence-corrected chi connectivity index (χ1v) is 6.73. The molecule has 0 radical (unpaired) electrons. The molecule has 6 nitrogen and oxygen atoms in total. The zero-order valence-corrected chi connectivity index (χ0v) is 12.4. The largest absolute Gasteiger partial charge is 0.478 e. The third-order valence-electron chi connectivity index (χ3n) is 3.68. The van der Waals surface area contributed by atoms with Crippen molar-refractivity contribution in [2.24, 2.45) is 0 Å². The molecular weight excluding hydrogens is 270 g/mol. The van der Waals surface area contributed by atoms with Crippen LogP contribution in [0.2, 0.25) is 0 Å². The van der Waals surface area contributed by atoms with Crippen molar-refractivity contribution < 1.29 is 14.7 Å². The van der Waals surface area contributed by atoms with Crippen LogP contribution in [0, 0.1) is 0 Å². The van der Waals surface area contributed by atoms with Crippen LogP contribution in [-0.4, -0.2) is 52.5 Å². The smallest absolute Gasteiger partial charge is 0.328 e. The fourth-order valence-corrected chi connectivity index (χ4v) is 2.51. The molecule has 0 spiro atoms. The number of likely N-dealkylation sites (N-methyl/N-ethyl adjacent to an activating group) is 1. The molecule has 2 heterocycles. The molecule has 1 aromatic rings. The molecule has 0 unspecified atom stereocenters. The number of carbonyl (C=O) groups is 2. The average Bonchev–Trinajstić information content (AvgIpc) is 2.43.